The lowest BCUT2D eigenvalue weighted by Gasteiger charge is -2.27. The van der Waals surface area contributed by atoms with Crippen molar-refractivity contribution >= 4 is 34.4 Å². The van der Waals surface area contributed by atoms with Gasteiger partial charge in [0.25, 0.3) is 5.91 Å². The normalized spacial score (nSPS) is 21.3. The number of rotatable bonds is 3. The average Bonchev–Trinajstić information content (AvgIpc) is 2.91. The number of morpholine rings is 1. The number of anilines is 1. The van der Waals surface area contributed by atoms with Gasteiger partial charge in [0.05, 0.1) is 18.9 Å². The van der Waals surface area contributed by atoms with Gasteiger partial charge in [0, 0.05) is 19.5 Å². The third-order valence-corrected chi connectivity index (χ3v) is 4.74. The number of thioether (sulfide) groups is 1. The molecule has 1 fully saturated rings. The zero-order valence-corrected chi connectivity index (χ0v) is 13.1. The van der Waals surface area contributed by atoms with Gasteiger partial charge < -0.3 is 15.0 Å². The van der Waals surface area contributed by atoms with E-state index in [0.717, 1.165) is 0 Å². The van der Waals surface area contributed by atoms with Crippen LogP contribution in [0.25, 0.3) is 0 Å². The highest BCUT2D eigenvalue weighted by Crippen LogP contribution is 2.28. The maximum atomic E-state index is 13.5. The molecule has 8 heteroatoms. The molecule has 0 bridgehead atoms. The van der Waals surface area contributed by atoms with Crippen LogP contribution in [0.3, 0.4) is 0 Å². The molecule has 2 heterocycles. The maximum absolute atomic E-state index is 13.5. The third-order valence-electron chi connectivity index (χ3n) is 3.53. The van der Waals surface area contributed by atoms with Gasteiger partial charge >= 0.3 is 0 Å². The van der Waals surface area contributed by atoms with Crippen LogP contribution in [-0.2, 0) is 14.3 Å². The van der Waals surface area contributed by atoms with Crippen LogP contribution in [0, 0.1) is 5.82 Å². The summed E-state index contributed by atoms with van der Waals surface area (Å²) in [5, 5.41) is 2.57. The first-order valence-electron chi connectivity index (χ1n) is 7.30. The Morgan fingerprint density at radius 3 is 2.87 bits per heavy atom. The van der Waals surface area contributed by atoms with Crippen molar-refractivity contribution in [1.29, 1.82) is 0 Å². The minimum absolute atomic E-state index is 0.0326. The molecule has 3 rings (SSSR count). The lowest BCUT2D eigenvalue weighted by Crippen LogP contribution is -2.39. The molecule has 1 aromatic rings. The van der Waals surface area contributed by atoms with Crippen molar-refractivity contribution in [3.63, 3.8) is 0 Å². The Kier molecular flexibility index (Phi) is 4.92. The highest BCUT2D eigenvalue weighted by molar-refractivity contribution is 8.15. The summed E-state index contributed by atoms with van der Waals surface area (Å²) in [4.78, 5) is 30.0. The summed E-state index contributed by atoms with van der Waals surface area (Å²) in [6, 6.07) is 5.93. The van der Waals surface area contributed by atoms with Crippen LogP contribution in [0.15, 0.2) is 29.3 Å². The molecule has 0 unspecified atom stereocenters. The molecule has 122 valence electrons. The predicted molar refractivity (Wildman–Crippen MR) is 85.9 cm³/mol. The van der Waals surface area contributed by atoms with Crippen molar-refractivity contribution in [2.45, 2.75) is 11.7 Å². The predicted octanol–water partition coefficient (Wildman–Crippen LogP) is 1.48. The summed E-state index contributed by atoms with van der Waals surface area (Å²) in [7, 11) is 0. The number of benzene rings is 1. The van der Waals surface area contributed by atoms with E-state index in [9.17, 15) is 14.0 Å². The largest absolute Gasteiger partial charge is 0.378 e. The number of nitrogens with one attached hydrogen (secondary N) is 1. The molecule has 0 aliphatic carbocycles. The van der Waals surface area contributed by atoms with E-state index < -0.39 is 17.0 Å². The van der Waals surface area contributed by atoms with Crippen molar-refractivity contribution in [3.05, 3.63) is 30.1 Å². The van der Waals surface area contributed by atoms with Crippen LogP contribution >= 0.6 is 11.8 Å². The van der Waals surface area contributed by atoms with E-state index in [4.69, 9.17) is 4.74 Å². The van der Waals surface area contributed by atoms with Crippen LogP contribution in [0.1, 0.15) is 6.42 Å². The van der Waals surface area contributed by atoms with Crippen molar-refractivity contribution in [1.82, 2.24) is 4.90 Å². The number of nitrogens with zero attached hydrogens (tertiary/aromatic N) is 2. The number of amidine groups is 1. The van der Waals surface area contributed by atoms with E-state index in [1.54, 1.807) is 12.1 Å². The van der Waals surface area contributed by atoms with Gasteiger partial charge in [-0.3, -0.25) is 9.59 Å². The molecule has 1 aromatic carbocycles. The van der Waals surface area contributed by atoms with Crippen LogP contribution in [0.2, 0.25) is 0 Å². The number of aliphatic imine (C=N–C) groups is 1. The summed E-state index contributed by atoms with van der Waals surface area (Å²) in [5.74, 6) is -1.23. The number of hydrogen-bond donors (Lipinski definition) is 1. The molecule has 2 aliphatic heterocycles. The molecule has 0 radical (unpaired) electrons. The third kappa shape index (κ3) is 3.89. The van der Waals surface area contributed by atoms with Gasteiger partial charge in [-0.15, -0.1) is 0 Å². The quantitative estimate of drug-likeness (QED) is 0.905. The van der Waals surface area contributed by atoms with Gasteiger partial charge in [0.1, 0.15) is 11.1 Å². The number of ether oxygens (including phenoxy) is 1. The van der Waals surface area contributed by atoms with Crippen molar-refractivity contribution < 1.29 is 18.7 Å². The SMILES string of the molecule is O=C(C[C@@H]1SC(N2CCOCC2)=NC1=O)Nc1ccccc1F. The summed E-state index contributed by atoms with van der Waals surface area (Å²) >= 11 is 1.28. The maximum Gasteiger partial charge on any atom is 0.262 e. The molecular formula is C15H16FN3O3S. The minimum atomic E-state index is -0.556. The molecule has 6 nitrogen and oxygen atoms in total. The summed E-state index contributed by atoms with van der Waals surface area (Å²) in [5.41, 5.74) is 0.113. The second-order valence-corrected chi connectivity index (χ2v) is 6.34. The Morgan fingerprint density at radius 1 is 1.39 bits per heavy atom. The number of carbonyl (C=O) groups excluding carboxylic acids is 2. The fourth-order valence-electron chi connectivity index (χ4n) is 2.33. The van der Waals surface area contributed by atoms with E-state index >= 15 is 0 Å². The summed E-state index contributed by atoms with van der Waals surface area (Å²) in [6.07, 6.45) is -0.0326. The molecule has 1 N–H and O–H groups in total. The molecule has 2 aliphatic rings. The fraction of sp³-hybridized carbons (Fsp3) is 0.400. The summed E-state index contributed by atoms with van der Waals surface area (Å²) in [6.45, 7) is 2.58. The number of para-hydroxylation sites is 1. The smallest absolute Gasteiger partial charge is 0.262 e. The lowest BCUT2D eigenvalue weighted by atomic mass is 10.2. The van der Waals surface area contributed by atoms with Crippen molar-refractivity contribution in [2.75, 3.05) is 31.6 Å². The molecule has 2 amide bonds. The Bertz CT molecular complexity index is 647. The van der Waals surface area contributed by atoms with Crippen LogP contribution in [0.4, 0.5) is 10.1 Å². The number of halogens is 1. The zero-order chi connectivity index (χ0) is 16.2. The van der Waals surface area contributed by atoms with Crippen LogP contribution in [-0.4, -0.2) is 53.4 Å². The fourth-order valence-corrected chi connectivity index (χ4v) is 3.45. The second-order valence-electron chi connectivity index (χ2n) is 5.17. The molecule has 23 heavy (non-hydrogen) atoms. The van der Waals surface area contributed by atoms with Gasteiger partial charge in [0.15, 0.2) is 5.17 Å². The van der Waals surface area contributed by atoms with E-state index in [-0.39, 0.29) is 18.0 Å². The lowest BCUT2D eigenvalue weighted by molar-refractivity contribution is -0.121. The monoisotopic (exact) mass is 337 g/mol. The Balaban J connectivity index is 1.56. The number of amides is 2. The second kappa shape index (κ2) is 7.10. The van der Waals surface area contributed by atoms with Gasteiger partial charge in [-0.2, -0.15) is 4.99 Å². The Hall–Kier alpha value is -1.93. The van der Waals surface area contributed by atoms with Gasteiger partial charge in [-0.25, -0.2) is 4.39 Å². The average molecular weight is 337 g/mol. The minimum Gasteiger partial charge on any atom is -0.378 e. The first kappa shape index (κ1) is 15.9. The van der Waals surface area contributed by atoms with Gasteiger partial charge in [-0.05, 0) is 12.1 Å². The van der Waals surface area contributed by atoms with Crippen molar-refractivity contribution in [3.8, 4) is 0 Å². The molecule has 0 spiro atoms. The number of carbonyl (C=O) groups is 2. The van der Waals surface area contributed by atoms with Crippen molar-refractivity contribution in [2.24, 2.45) is 4.99 Å². The summed E-state index contributed by atoms with van der Waals surface area (Å²) < 4.78 is 18.8. The molecule has 1 saturated heterocycles. The highest BCUT2D eigenvalue weighted by atomic mass is 32.2. The number of hydrogen-bond acceptors (Lipinski definition) is 5. The first-order valence-corrected chi connectivity index (χ1v) is 8.18. The molecular weight excluding hydrogens is 321 g/mol. The highest BCUT2D eigenvalue weighted by Gasteiger charge is 2.33. The van der Waals surface area contributed by atoms with E-state index in [2.05, 4.69) is 10.3 Å². The van der Waals surface area contributed by atoms with Crippen LogP contribution < -0.4 is 5.32 Å². The molecule has 0 saturated carbocycles. The molecule has 1 atom stereocenters. The van der Waals surface area contributed by atoms with Crippen LogP contribution in [0.5, 0.6) is 0 Å². The standard InChI is InChI=1S/C15H16FN3O3S/c16-10-3-1-2-4-11(10)17-13(20)9-12-14(21)18-15(23-12)19-5-7-22-8-6-19/h1-4,12H,5-9H2,(H,17,20)/t12-/m0/s1. The van der Waals surface area contributed by atoms with Gasteiger partial charge in [0.2, 0.25) is 5.91 Å². The van der Waals surface area contributed by atoms with Gasteiger partial charge in [-0.1, -0.05) is 23.9 Å². The van der Waals surface area contributed by atoms with E-state index in [1.807, 2.05) is 4.90 Å². The zero-order valence-electron chi connectivity index (χ0n) is 12.3. The topological polar surface area (TPSA) is 71.0 Å². The Morgan fingerprint density at radius 2 is 2.13 bits per heavy atom. The van der Waals surface area contributed by atoms with E-state index in [0.29, 0.717) is 31.5 Å². The van der Waals surface area contributed by atoms with E-state index in [1.165, 1.54) is 23.9 Å². The molecule has 0 aromatic heterocycles. The first-order chi connectivity index (χ1) is 11.1. The Labute approximate surface area is 137 Å².